The maximum Gasteiger partial charge on any atom is 0.314 e. The largest absolute Gasteiger partial charge is 0.504 e. The zero-order chi connectivity index (χ0) is 14.2. The van der Waals surface area contributed by atoms with Crippen LogP contribution in [0.25, 0.3) is 0 Å². The van der Waals surface area contributed by atoms with Crippen LogP contribution in [-0.2, 0) is 10.2 Å². The third-order valence-electron chi connectivity index (χ3n) is 3.72. The molecule has 1 saturated carbocycles. The van der Waals surface area contributed by atoms with Gasteiger partial charge in [-0.1, -0.05) is 6.42 Å². The summed E-state index contributed by atoms with van der Waals surface area (Å²) in [7, 11) is 2.57. The summed E-state index contributed by atoms with van der Waals surface area (Å²) in [5, 5.41) is 19.2. The van der Waals surface area contributed by atoms with Crippen molar-refractivity contribution in [1.29, 1.82) is 0 Å². The molecule has 1 fully saturated rings. The second-order valence-corrected chi connectivity index (χ2v) is 4.56. The van der Waals surface area contributed by atoms with Gasteiger partial charge in [-0.2, -0.15) is 4.39 Å². The van der Waals surface area contributed by atoms with Crippen LogP contribution in [-0.4, -0.2) is 30.4 Å². The van der Waals surface area contributed by atoms with Crippen LogP contribution >= 0.6 is 0 Å². The van der Waals surface area contributed by atoms with Gasteiger partial charge in [-0.15, -0.1) is 0 Å². The number of carboxylic acid groups (broad SMARTS) is 1. The highest BCUT2D eigenvalue weighted by Crippen LogP contribution is 2.51. The Morgan fingerprint density at radius 1 is 1.37 bits per heavy atom. The summed E-state index contributed by atoms with van der Waals surface area (Å²) in [6.45, 7) is 0. The summed E-state index contributed by atoms with van der Waals surface area (Å²) in [5.74, 6) is -2.91. The van der Waals surface area contributed by atoms with Crippen molar-refractivity contribution in [2.45, 2.75) is 24.7 Å². The first-order chi connectivity index (χ1) is 8.97. The quantitative estimate of drug-likeness (QED) is 0.875. The second kappa shape index (κ2) is 4.60. The lowest BCUT2D eigenvalue weighted by Gasteiger charge is -2.38. The number of halogens is 1. The van der Waals surface area contributed by atoms with Crippen LogP contribution in [0.1, 0.15) is 24.8 Å². The number of rotatable bonds is 4. The SMILES string of the molecule is COc1cc(C2(C(=O)O)CCC2)c(O)c(F)c1OC. The number of phenolic OH excluding ortho intramolecular Hbond substituents is 1. The van der Waals surface area contributed by atoms with Gasteiger partial charge in [-0.25, -0.2) is 0 Å². The Kier molecular flexibility index (Phi) is 3.26. The number of benzene rings is 1. The van der Waals surface area contributed by atoms with E-state index < -0.39 is 23.0 Å². The topological polar surface area (TPSA) is 76.0 Å². The van der Waals surface area contributed by atoms with Crippen LogP contribution in [0.3, 0.4) is 0 Å². The van der Waals surface area contributed by atoms with E-state index in [0.29, 0.717) is 12.8 Å². The lowest BCUT2D eigenvalue weighted by molar-refractivity contribution is -0.147. The van der Waals surface area contributed by atoms with Gasteiger partial charge in [0.15, 0.2) is 11.5 Å². The molecule has 0 aliphatic heterocycles. The highest BCUT2D eigenvalue weighted by molar-refractivity contribution is 5.84. The number of methoxy groups -OCH3 is 2. The molecule has 1 aliphatic rings. The molecule has 5 nitrogen and oxygen atoms in total. The maximum absolute atomic E-state index is 14.0. The first-order valence-corrected chi connectivity index (χ1v) is 5.85. The Hall–Kier alpha value is -1.98. The monoisotopic (exact) mass is 270 g/mol. The Morgan fingerprint density at radius 3 is 2.37 bits per heavy atom. The standard InChI is InChI=1S/C13H15FO5/c1-18-8-6-7(10(15)9(14)11(8)19-2)13(12(16)17)4-3-5-13/h6,15H,3-5H2,1-2H3,(H,16,17). The van der Waals surface area contributed by atoms with E-state index in [9.17, 15) is 19.4 Å². The predicted molar refractivity (Wildman–Crippen MR) is 64.3 cm³/mol. The van der Waals surface area contributed by atoms with Crippen LogP contribution in [0.15, 0.2) is 6.07 Å². The first-order valence-electron chi connectivity index (χ1n) is 5.85. The Bertz CT molecular complexity index is 522. The Balaban J connectivity index is 2.65. The molecule has 0 heterocycles. The maximum atomic E-state index is 14.0. The van der Waals surface area contributed by atoms with Crippen molar-refractivity contribution in [2.24, 2.45) is 0 Å². The van der Waals surface area contributed by atoms with Gasteiger partial charge in [0.25, 0.3) is 0 Å². The van der Waals surface area contributed by atoms with Crippen LogP contribution < -0.4 is 9.47 Å². The van der Waals surface area contributed by atoms with Crippen LogP contribution in [0.4, 0.5) is 4.39 Å². The molecule has 6 heteroatoms. The lowest BCUT2D eigenvalue weighted by atomic mass is 9.64. The number of hydrogen-bond acceptors (Lipinski definition) is 4. The normalized spacial score (nSPS) is 16.6. The number of carboxylic acids is 1. The Morgan fingerprint density at radius 2 is 2.00 bits per heavy atom. The molecule has 1 aromatic rings. The van der Waals surface area contributed by atoms with Crippen molar-refractivity contribution >= 4 is 5.97 Å². The number of aromatic hydroxyl groups is 1. The van der Waals surface area contributed by atoms with Crippen molar-refractivity contribution in [3.63, 3.8) is 0 Å². The molecule has 19 heavy (non-hydrogen) atoms. The molecule has 104 valence electrons. The molecular weight excluding hydrogens is 255 g/mol. The molecule has 1 aromatic carbocycles. The average molecular weight is 270 g/mol. The fourth-order valence-corrected chi connectivity index (χ4v) is 2.43. The lowest BCUT2D eigenvalue weighted by Crippen LogP contribution is -2.42. The molecule has 2 N–H and O–H groups in total. The fourth-order valence-electron chi connectivity index (χ4n) is 2.43. The minimum Gasteiger partial charge on any atom is -0.504 e. The molecule has 0 aromatic heterocycles. The molecule has 1 aliphatic carbocycles. The van der Waals surface area contributed by atoms with Crippen LogP contribution in [0.5, 0.6) is 17.2 Å². The highest BCUT2D eigenvalue weighted by atomic mass is 19.1. The minimum absolute atomic E-state index is 0.0430. The summed E-state index contributed by atoms with van der Waals surface area (Å²) in [6.07, 6.45) is 1.46. The van der Waals surface area contributed by atoms with Gasteiger partial charge in [0, 0.05) is 5.56 Å². The number of ether oxygens (including phenoxy) is 2. The molecule has 0 amide bonds. The van der Waals surface area contributed by atoms with E-state index in [1.165, 1.54) is 20.3 Å². The summed E-state index contributed by atoms with van der Waals surface area (Å²) in [5.41, 5.74) is -1.19. The minimum atomic E-state index is -1.23. The van der Waals surface area contributed by atoms with Crippen LogP contribution in [0.2, 0.25) is 0 Å². The number of hydrogen-bond donors (Lipinski definition) is 2. The second-order valence-electron chi connectivity index (χ2n) is 4.56. The molecule has 0 unspecified atom stereocenters. The van der Waals surface area contributed by atoms with Crippen molar-refractivity contribution in [2.75, 3.05) is 14.2 Å². The van der Waals surface area contributed by atoms with Gasteiger partial charge in [0.2, 0.25) is 11.6 Å². The number of aliphatic carboxylic acids is 1. The van der Waals surface area contributed by atoms with Gasteiger partial charge >= 0.3 is 5.97 Å². The third kappa shape index (κ3) is 1.78. The van der Waals surface area contributed by atoms with Gasteiger partial charge in [0.1, 0.15) is 0 Å². The number of phenols is 1. The molecule has 0 radical (unpaired) electrons. The average Bonchev–Trinajstić information content (AvgIpc) is 2.32. The van der Waals surface area contributed by atoms with Gasteiger partial charge < -0.3 is 19.7 Å². The van der Waals surface area contributed by atoms with Crippen LogP contribution in [0, 0.1) is 5.82 Å². The predicted octanol–water partition coefficient (Wildman–Crippen LogP) is 2.05. The zero-order valence-corrected chi connectivity index (χ0v) is 10.7. The molecule has 0 spiro atoms. The van der Waals surface area contributed by atoms with E-state index in [1.54, 1.807) is 0 Å². The smallest absolute Gasteiger partial charge is 0.314 e. The molecule has 0 saturated heterocycles. The van der Waals surface area contributed by atoms with E-state index >= 15 is 0 Å². The van der Waals surface area contributed by atoms with Gasteiger partial charge in [-0.05, 0) is 18.9 Å². The molecular formula is C13H15FO5. The fraction of sp³-hybridized carbons (Fsp3) is 0.462. The van der Waals surface area contributed by atoms with Crippen molar-refractivity contribution < 1.29 is 28.9 Å². The zero-order valence-electron chi connectivity index (χ0n) is 10.7. The van der Waals surface area contributed by atoms with Crippen molar-refractivity contribution in [1.82, 2.24) is 0 Å². The van der Waals surface area contributed by atoms with Crippen molar-refractivity contribution in [3.8, 4) is 17.2 Å². The third-order valence-corrected chi connectivity index (χ3v) is 3.72. The van der Waals surface area contributed by atoms with E-state index in [-0.39, 0.29) is 17.1 Å². The molecule has 0 atom stereocenters. The van der Waals surface area contributed by atoms with E-state index in [4.69, 9.17) is 9.47 Å². The summed E-state index contributed by atoms with van der Waals surface area (Å²) in [6, 6.07) is 1.34. The molecule has 2 rings (SSSR count). The summed E-state index contributed by atoms with van der Waals surface area (Å²) in [4.78, 5) is 11.4. The van der Waals surface area contributed by atoms with E-state index in [1.807, 2.05) is 0 Å². The Labute approximate surface area is 109 Å². The van der Waals surface area contributed by atoms with Crippen molar-refractivity contribution in [3.05, 3.63) is 17.4 Å². The first kappa shape index (κ1) is 13.5. The molecule has 0 bridgehead atoms. The summed E-state index contributed by atoms with van der Waals surface area (Å²) >= 11 is 0. The highest BCUT2D eigenvalue weighted by Gasteiger charge is 2.48. The van der Waals surface area contributed by atoms with E-state index in [0.717, 1.165) is 6.42 Å². The van der Waals surface area contributed by atoms with E-state index in [2.05, 4.69) is 0 Å². The number of carbonyl (C=O) groups is 1. The van der Waals surface area contributed by atoms with Gasteiger partial charge in [0.05, 0.1) is 19.6 Å². The van der Waals surface area contributed by atoms with Gasteiger partial charge in [-0.3, -0.25) is 4.79 Å². The summed E-state index contributed by atoms with van der Waals surface area (Å²) < 4.78 is 23.8.